The summed E-state index contributed by atoms with van der Waals surface area (Å²) in [4.78, 5) is 12.3. The van der Waals surface area contributed by atoms with Crippen molar-refractivity contribution in [3.05, 3.63) is 29.0 Å². The molecule has 2 N–H and O–H groups in total. The molecular formula is C19H28N4O2S. The lowest BCUT2D eigenvalue weighted by Crippen LogP contribution is -2.41. The van der Waals surface area contributed by atoms with E-state index >= 15 is 0 Å². The van der Waals surface area contributed by atoms with Crippen LogP contribution in [0.4, 0.5) is 0 Å². The van der Waals surface area contributed by atoms with Crippen LogP contribution in [-0.2, 0) is 11.3 Å². The lowest BCUT2D eigenvalue weighted by molar-refractivity contribution is -0.122. The Morgan fingerprint density at radius 3 is 2.58 bits per heavy atom. The first kappa shape index (κ1) is 20.2. The van der Waals surface area contributed by atoms with Gasteiger partial charge in [0, 0.05) is 24.6 Å². The molecule has 1 aromatic heterocycles. The minimum absolute atomic E-state index is 0.00756. The number of H-pyrrole nitrogens is 1. The lowest BCUT2D eigenvalue weighted by Gasteiger charge is -2.28. The first-order valence-electron chi connectivity index (χ1n) is 8.90. The van der Waals surface area contributed by atoms with Crippen molar-refractivity contribution in [1.82, 2.24) is 20.1 Å². The van der Waals surface area contributed by atoms with Crippen LogP contribution in [0.3, 0.4) is 0 Å². The Kier molecular flexibility index (Phi) is 6.58. The molecule has 1 amide bonds. The maximum atomic E-state index is 12.3. The summed E-state index contributed by atoms with van der Waals surface area (Å²) in [7, 11) is 0. The van der Waals surface area contributed by atoms with Crippen LogP contribution in [0.15, 0.2) is 24.3 Å². The summed E-state index contributed by atoms with van der Waals surface area (Å²) in [5, 5.41) is 10.2. The van der Waals surface area contributed by atoms with Gasteiger partial charge in [-0.1, -0.05) is 20.8 Å². The van der Waals surface area contributed by atoms with E-state index in [2.05, 4.69) is 36.3 Å². The highest BCUT2D eigenvalue weighted by Crippen LogP contribution is 2.22. The Morgan fingerprint density at radius 1 is 1.35 bits per heavy atom. The second-order valence-electron chi connectivity index (χ2n) is 7.37. The van der Waals surface area contributed by atoms with Crippen molar-refractivity contribution in [3.8, 4) is 17.1 Å². The smallest absolute Gasteiger partial charge is 0.222 e. The SMILES string of the molecule is CCOc1ccc(-c2n[nH]c(=S)n2CCC(=O)N[C@H](C)C(C)(C)C)cc1. The molecule has 7 heteroatoms. The summed E-state index contributed by atoms with van der Waals surface area (Å²) in [6.07, 6.45) is 0.346. The first-order valence-corrected chi connectivity index (χ1v) is 9.31. The lowest BCUT2D eigenvalue weighted by atomic mass is 9.88. The molecule has 0 saturated heterocycles. The molecule has 1 heterocycles. The summed E-state index contributed by atoms with van der Waals surface area (Å²) in [5.74, 6) is 1.54. The van der Waals surface area contributed by atoms with Crippen molar-refractivity contribution in [2.24, 2.45) is 5.41 Å². The summed E-state index contributed by atoms with van der Waals surface area (Å²) in [6, 6.07) is 7.78. The van der Waals surface area contributed by atoms with Gasteiger partial charge in [-0.3, -0.25) is 14.5 Å². The molecule has 0 bridgehead atoms. The second-order valence-corrected chi connectivity index (χ2v) is 7.75. The molecule has 0 radical (unpaired) electrons. The number of rotatable bonds is 7. The van der Waals surface area contributed by atoms with Crippen molar-refractivity contribution < 1.29 is 9.53 Å². The maximum absolute atomic E-state index is 12.3. The number of carbonyl (C=O) groups excluding carboxylic acids is 1. The van der Waals surface area contributed by atoms with Crippen molar-refractivity contribution in [2.45, 2.75) is 53.6 Å². The van der Waals surface area contributed by atoms with E-state index in [9.17, 15) is 4.79 Å². The minimum Gasteiger partial charge on any atom is -0.494 e. The number of hydrogen-bond donors (Lipinski definition) is 2. The van der Waals surface area contributed by atoms with E-state index in [1.165, 1.54) is 0 Å². The van der Waals surface area contributed by atoms with E-state index in [1.807, 2.05) is 42.7 Å². The van der Waals surface area contributed by atoms with Gasteiger partial charge in [0.1, 0.15) is 5.75 Å². The molecule has 0 aliphatic heterocycles. The van der Waals surface area contributed by atoms with Gasteiger partial charge in [0.05, 0.1) is 6.61 Å². The van der Waals surface area contributed by atoms with Crippen LogP contribution in [0.5, 0.6) is 5.75 Å². The highest BCUT2D eigenvalue weighted by Gasteiger charge is 2.21. The van der Waals surface area contributed by atoms with E-state index in [0.717, 1.165) is 17.1 Å². The number of carbonyl (C=O) groups is 1. The van der Waals surface area contributed by atoms with Crippen LogP contribution < -0.4 is 10.1 Å². The normalized spacial score (nSPS) is 12.7. The molecule has 0 aliphatic rings. The Hall–Kier alpha value is -2.15. The zero-order valence-electron chi connectivity index (χ0n) is 16.1. The molecule has 1 aromatic carbocycles. The van der Waals surface area contributed by atoms with Crippen LogP contribution in [0.25, 0.3) is 11.4 Å². The summed E-state index contributed by atoms with van der Waals surface area (Å²) in [5.41, 5.74) is 0.944. The molecule has 0 aliphatic carbocycles. The molecule has 2 aromatic rings. The molecular weight excluding hydrogens is 348 g/mol. The van der Waals surface area contributed by atoms with Gasteiger partial charge in [0.15, 0.2) is 10.6 Å². The van der Waals surface area contributed by atoms with Gasteiger partial charge >= 0.3 is 0 Å². The third-order valence-corrected chi connectivity index (χ3v) is 4.73. The summed E-state index contributed by atoms with van der Waals surface area (Å²) >= 11 is 5.33. The van der Waals surface area contributed by atoms with E-state index in [4.69, 9.17) is 17.0 Å². The van der Waals surface area contributed by atoms with Gasteiger partial charge in [-0.15, -0.1) is 0 Å². The van der Waals surface area contributed by atoms with Crippen LogP contribution in [0.2, 0.25) is 0 Å². The van der Waals surface area contributed by atoms with Crippen molar-refractivity contribution in [3.63, 3.8) is 0 Å². The Morgan fingerprint density at radius 2 is 2.00 bits per heavy atom. The summed E-state index contributed by atoms with van der Waals surface area (Å²) < 4.78 is 7.83. The molecule has 0 spiro atoms. The number of benzene rings is 1. The standard InChI is InChI=1S/C19H28N4O2S/c1-6-25-15-9-7-14(8-10-15)17-21-22-18(26)23(17)12-11-16(24)20-13(2)19(3,4)5/h7-10,13H,6,11-12H2,1-5H3,(H,20,24)(H,22,26)/t13-/m1/s1. The van der Waals surface area contributed by atoms with Gasteiger partial charge in [-0.25, -0.2) is 0 Å². The zero-order valence-corrected chi connectivity index (χ0v) is 16.9. The number of aromatic nitrogens is 3. The third-order valence-electron chi connectivity index (χ3n) is 4.42. The molecule has 1 atom stereocenters. The monoisotopic (exact) mass is 376 g/mol. The fourth-order valence-electron chi connectivity index (χ4n) is 2.36. The van der Waals surface area contributed by atoms with Gasteiger partial charge in [-0.05, 0) is 55.7 Å². The first-order chi connectivity index (χ1) is 12.2. The highest BCUT2D eigenvalue weighted by atomic mass is 32.1. The van der Waals surface area contributed by atoms with Gasteiger partial charge < -0.3 is 10.1 Å². The van der Waals surface area contributed by atoms with Crippen molar-refractivity contribution >= 4 is 18.1 Å². The Balaban J connectivity index is 2.08. The van der Waals surface area contributed by atoms with Gasteiger partial charge in [0.25, 0.3) is 0 Å². The number of aromatic amines is 1. The van der Waals surface area contributed by atoms with E-state index in [-0.39, 0.29) is 17.4 Å². The van der Waals surface area contributed by atoms with Crippen molar-refractivity contribution in [1.29, 1.82) is 0 Å². The number of hydrogen-bond acceptors (Lipinski definition) is 4. The molecule has 26 heavy (non-hydrogen) atoms. The second kappa shape index (κ2) is 8.49. The van der Waals surface area contributed by atoms with Gasteiger partial charge in [0.2, 0.25) is 5.91 Å². The summed E-state index contributed by atoms with van der Waals surface area (Å²) in [6.45, 7) is 11.4. The minimum atomic E-state index is 0.00756. The van der Waals surface area contributed by atoms with E-state index < -0.39 is 0 Å². The molecule has 0 saturated carbocycles. The van der Waals surface area contributed by atoms with Crippen LogP contribution in [0, 0.1) is 10.2 Å². The molecule has 142 valence electrons. The number of ether oxygens (including phenoxy) is 1. The fourth-order valence-corrected chi connectivity index (χ4v) is 2.58. The average molecular weight is 377 g/mol. The van der Waals surface area contributed by atoms with E-state index in [1.54, 1.807) is 0 Å². The van der Waals surface area contributed by atoms with Crippen molar-refractivity contribution in [2.75, 3.05) is 6.61 Å². The molecule has 2 rings (SSSR count). The molecule has 0 unspecified atom stereocenters. The maximum Gasteiger partial charge on any atom is 0.222 e. The number of nitrogens with zero attached hydrogens (tertiary/aromatic N) is 2. The Labute approximate surface area is 160 Å². The number of amides is 1. The third kappa shape index (κ3) is 5.17. The molecule has 0 fully saturated rings. The zero-order chi connectivity index (χ0) is 19.3. The van der Waals surface area contributed by atoms with Gasteiger partial charge in [-0.2, -0.15) is 5.10 Å². The predicted molar refractivity (Wildman–Crippen MR) is 106 cm³/mol. The van der Waals surface area contributed by atoms with Crippen LogP contribution in [-0.4, -0.2) is 33.3 Å². The Bertz CT molecular complexity index is 787. The predicted octanol–water partition coefficient (Wildman–Crippen LogP) is 3.95. The van der Waals surface area contributed by atoms with E-state index in [0.29, 0.717) is 24.3 Å². The highest BCUT2D eigenvalue weighted by molar-refractivity contribution is 7.71. The fraction of sp³-hybridized carbons (Fsp3) is 0.526. The average Bonchev–Trinajstić information content (AvgIpc) is 2.94. The largest absolute Gasteiger partial charge is 0.494 e. The molecule has 6 nitrogen and oxygen atoms in total. The van der Waals surface area contributed by atoms with Crippen LogP contribution in [0.1, 0.15) is 41.0 Å². The number of nitrogens with one attached hydrogen (secondary N) is 2. The van der Waals surface area contributed by atoms with Crippen LogP contribution >= 0.6 is 12.2 Å². The topological polar surface area (TPSA) is 71.9 Å². The quantitative estimate of drug-likeness (QED) is 0.718.